The molecule has 1 aromatic heterocycles. The SMILES string of the molecule is NCc1cn[nH]c1S(=O)(=O)N1CCC(N2CCCC2)C1. The zero-order valence-electron chi connectivity index (χ0n) is 11.5. The Kier molecular flexibility index (Phi) is 3.80. The van der Waals surface area contributed by atoms with E-state index in [0.29, 0.717) is 24.7 Å². The van der Waals surface area contributed by atoms with Gasteiger partial charge >= 0.3 is 0 Å². The summed E-state index contributed by atoms with van der Waals surface area (Å²) < 4.78 is 26.8. The lowest BCUT2D eigenvalue weighted by Crippen LogP contribution is -2.37. The van der Waals surface area contributed by atoms with Gasteiger partial charge in [-0.25, -0.2) is 8.42 Å². The maximum Gasteiger partial charge on any atom is 0.260 e. The number of aromatic nitrogens is 2. The summed E-state index contributed by atoms with van der Waals surface area (Å²) in [6, 6.07) is 0.358. The summed E-state index contributed by atoms with van der Waals surface area (Å²) in [5.74, 6) is 0. The van der Waals surface area contributed by atoms with Crippen molar-refractivity contribution in [2.75, 3.05) is 26.2 Å². The van der Waals surface area contributed by atoms with Crippen LogP contribution in [-0.2, 0) is 16.6 Å². The summed E-state index contributed by atoms with van der Waals surface area (Å²) in [6.07, 6.45) is 4.84. The second-order valence-electron chi connectivity index (χ2n) is 5.48. The first-order valence-corrected chi connectivity index (χ1v) is 8.53. The van der Waals surface area contributed by atoms with Crippen LogP contribution in [0.25, 0.3) is 0 Å². The van der Waals surface area contributed by atoms with E-state index in [1.165, 1.54) is 19.0 Å². The predicted molar refractivity (Wildman–Crippen MR) is 74.4 cm³/mol. The molecule has 1 atom stereocenters. The number of hydrogen-bond donors (Lipinski definition) is 2. The van der Waals surface area contributed by atoms with Gasteiger partial charge in [0.2, 0.25) is 0 Å². The van der Waals surface area contributed by atoms with Gasteiger partial charge in [-0.05, 0) is 32.4 Å². The predicted octanol–water partition coefficient (Wildman–Crippen LogP) is -0.273. The zero-order chi connectivity index (χ0) is 14.2. The Morgan fingerprint density at radius 2 is 2.10 bits per heavy atom. The summed E-state index contributed by atoms with van der Waals surface area (Å²) in [5.41, 5.74) is 6.12. The van der Waals surface area contributed by atoms with Gasteiger partial charge in [0.05, 0.1) is 6.20 Å². The molecule has 0 aliphatic carbocycles. The number of likely N-dealkylation sites (tertiary alicyclic amines) is 1. The van der Waals surface area contributed by atoms with Crippen molar-refractivity contribution in [3.63, 3.8) is 0 Å². The van der Waals surface area contributed by atoms with Crippen molar-refractivity contribution in [3.05, 3.63) is 11.8 Å². The molecule has 2 aliphatic heterocycles. The van der Waals surface area contributed by atoms with Crippen LogP contribution in [0.2, 0.25) is 0 Å². The Bertz CT molecular complexity index is 564. The monoisotopic (exact) mass is 299 g/mol. The lowest BCUT2D eigenvalue weighted by atomic mass is 10.2. The molecule has 0 radical (unpaired) electrons. The molecule has 0 spiro atoms. The number of sulfonamides is 1. The molecule has 7 nitrogen and oxygen atoms in total. The zero-order valence-corrected chi connectivity index (χ0v) is 12.3. The first-order chi connectivity index (χ1) is 9.63. The minimum absolute atomic E-state index is 0.155. The maximum atomic E-state index is 12.6. The van der Waals surface area contributed by atoms with Crippen LogP contribution in [0, 0.1) is 0 Å². The molecule has 3 N–H and O–H groups in total. The topological polar surface area (TPSA) is 95.3 Å². The van der Waals surface area contributed by atoms with E-state index >= 15 is 0 Å². The van der Waals surface area contributed by atoms with Gasteiger partial charge < -0.3 is 5.73 Å². The van der Waals surface area contributed by atoms with Crippen molar-refractivity contribution < 1.29 is 8.42 Å². The van der Waals surface area contributed by atoms with Crippen LogP contribution in [0.1, 0.15) is 24.8 Å². The standard InChI is InChI=1S/C12H21N5O2S/c13-7-10-8-14-15-12(10)20(18,19)17-6-3-11(9-17)16-4-1-2-5-16/h8,11H,1-7,9,13H2,(H,14,15). The van der Waals surface area contributed by atoms with Crippen molar-refractivity contribution in [1.29, 1.82) is 0 Å². The number of nitrogens with two attached hydrogens (primary N) is 1. The highest BCUT2D eigenvalue weighted by Gasteiger charge is 2.37. The number of H-pyrrole nitrogens is 1. The number of nitrogens with one attached hydrogen (secondary N) is 1. The molecule has 20 heavy (non-hydrogen) atoms. The Balaban J connectivity index is 1.76. The Hall–Kier alpha value is -0.960. The summed E-state index contributed by atoms with van der Waals surface area (Å²) in [5, 5.41) is 6.55. The summed E-state index contributed by atoms with van der Waals surface area (Å²) in [6.45, 7) is 3.51. The largest absolute Gasteiger partial charge is 0.326 e. The van der Waals surface area contributed by atoms with Crippen molar-refractivity contribution >= 4 is 10.0 Å². The third kappa shape index (κ3) is 2.37. The number of hydrogen-bond acceptors (Lipinski definition) is 5. The van der Waals surface area contributed by atoms with E-state index < -0.39 is 10.0 Å². The summed E-state index contributed by atoms with van der Waals surface area (Å²) >= 11 is 0. The van der Waals surface area contributed by atoms with Gasteiger partial charge in [-0.2, -0.15) is 9.40 Å². The fraction of sp³-hybridized carbons (Fsp3) is 0.750. The van der Waals surface area contributed by atoms with Crippen molar-refractivity contribution in [2.45, 2.75) is 36.9 Å². The van der Waals surface area contributed by atoms with E-state index in [-0.39, 0.29) is 11.6 Å². The van der Waals surface area contributed by atoms with Crippen molar-refractivity contribution in [2.24, 2.45) is 5.73 Å². The fourth-order valence-corrected chi connectivity index (χ4v) is 4.74. The van der Waals surface area contributed by atoms with Gasteiger partial charge in [-0.3, -0.25) is 10.00 Å². The van der Waals surface area contributed by atoms with Crippen LogP contribution in [0.4, 0.5) is 0 Å². The Morgan fingerprint density at radius 1 is 1.35 bits per heavy atom. The molecule has 2 aliphatic rings. The molecule has 2 fully saturated rings. The average molecular weight is 299 g/mol. The maximum absolute atomic E-state index is 12.6. The minimum atomic E-state index is -3.49. The van der Waals surface area contributed by atoms with E-state index in [1.54, 1.807) is 4.31 Å². The first-order valence-electron chi connectivity index (χ1n) is 7.09. The van der Waals surface area contributed by atoms with E-state index in [9.17, 15) is 8.42 Å². The van der Waals surface area contributed by atoms with Gasteiger partial charge in [0.15, 0.2) is 5.03 Å². The first kappa shape index (κ1) is 14.0. The third-order valence-electron chi connectivity index (χ3n) is 4.28. The molecular weight excluding hydrogens is 278 g/mol. The van der Waals surface area contributed by atoms with E-state index in [0.717, 1.165) is 19.5 Å². The van der Waals surface area contributed by atoms with Crippen LogP contribution < -0.4 is 5.73 Å². The highest BCUT2D eigenvalue weighted by atomic mass is 32.2. The van der Waals surface area contributed by atoms with Gasteiger partial charge in [-0.1, -0.05) is 0 Å². The fourth-order valence-electron chi connectivity index (χ4n) is 3.13. The molecule has 0 bridgehead atoms. The highest BCUT2D eigenvalue weighted by molar-refractivity contribution is 7.89. The van der Waals surface area contributed by atoms with Crippen LogP contribution in [-0.4, -0.2) is 60.0 Å². The second-order valence-corrected chi connectivity index (χ2v) is 7.35. The number of rotatable bonds is 4. The van der Waals surface area contributed by atoms with E-state index in [2.05, 4.69) is 15.1 Å². The Labute approximate surface area is 119 Å². The summed E-state index contributed by atoms with van der Waals surface area (Å²) in [4.78, 5) is 2.41. The van der Waals surface area contributed by atoms with Gasteiger partial charge in [-0.15, -0.1) is 0 Å². The van der Waals surface area contributed by atoms with Crippen molar-refractivity contribution in [1.82, 2.24) is 19.4 Å². The molecule has 8 heteroatoms. The molecule has 1 unspecified atom stereocenters. The molecule has 112 valence electrons. The van der Waals surface area contributed by atoms with Gasteiger partial charge in [0.1, 0.15) is 0 Å². The van der Waals surface area contributed by atoms with E-state index in [1.807, 2.05) is 0 Å². The molecule has 1 aromatic rings. The number of aromatic amines is 1. The average Bonchev–Trinajstić information content (AvgIpc) is 3.17. The minimum Gasteiger partial charge on any atom is -0.326 e. The molecule has 2 saturated heterocycles. The second kappa shape index (κ2) is 5.44. The quantitative estimate of drug-likeness (QED) is 0.798. The molecule has 3 rings (SSSR count). The lowest BCUT2D eigenvalue weighted by Gasteiger charge is -2.23. The summed E-state index contributed by atoms with van der Waals surface area (Å²) in [7, 11) is -3.49. The van der Waals surface area contributed by atoms with Gasteiger partial charge in [0.25, 0.3) is 10.0 Å². The molecule has 0 aromatic carbocycles. The molecule has 3 heterocycles. The molecule has 0 amide bonds. The van der Waals surface area contributed by atoms with Gasteiger partial charge in [0, 0.05) is 31.2 Å². The van der Waals surface area contributed by atoms with Crippen molar-refractivity contribution in [3.8, 4) is 0 Å². The molecule has 0 saturated carbocycles. The van der Waals surface area contributed by atoms with E-state index in [4.69, 9.17) is 5.73 Å². The molecular formula is C12H21N5O2S. The smallest absolute Gasteiger partial charge is 0.260 e. The highest BCUT2D eigenvalue weighted by Crippen LogP contribution is 2.26. The van der Waals surface area contributed by atoms with Crippen LogP contribution in [0.15, 0.2) is 11.2 Å². The Morgan fingerprint density at radius 3 is 2.80 bits per heavy atom. The van der Waals surface area contributed by atoms with Crippen LogP contribution >= 0.6 is 0 Å². The van der Waals surface area contributed by atoms with Crippen LogP contribution in [0.3, 0.4) is 0 Å². The van der Waals surface area contributed by atoms with Crippen LogP contribution in [0.5, 0.6) is 0 Å². The lowest BCUT2D eigenvalue weighted by molar-refractivity contribution is 0.251. The number of nitrogens with zero attached hydrogens (tertiary/aromatic N) is 3. The third-order valence-corrected chi connectivity index (χ3v) is 6.16. The normalized spacial score (nSPS) is 25.6.